The summed E-state index contributed by atoms with van der Waals surface area (Å²) in [5.41, 5.74) is 4.32. The fraction of sp³-hybridized carbons (Fsp3) is 0.320. The van der Waals surface area contributed by atoms with Crippen LogP contribution in [0.25, 0.3) is 0 Å². The van der Waals surface area contributed by atoms with E-state index in [0.29, 0.717) is 18.7 Å². The van der Waals surface area contributed by atoms with Crippen LogP contribution in [0.5, 0.6) is 0 Å². The summed E-state index contributed by atoms with van der Waals surface area (Å²) in [6.07, 6.45) is 4.38. The minimum absolute atomic E-state index is 0.0379. The lowest BCUT2D eigenvalue weighted by Gasteiger charge is -2.12. The molecular formula is C25H29N3O2. The summed E-state index contributed by atoms with van der Waals surface area (Å²) in [5, 5.41) is 6.49. The van der Waals surface area contributed by atoms with Crippen molar-refractivity contribution in [3.63, 3.8) is 0 Å². The zero-order valence-electron chi connectivity index (χ0n) is 17.2. The zero-order chi connectivity index (χ0) is 20.6. The molecule has 5 nitrogen and oxygen atoms in total. The van der Waals surface area contributed by atoms with Gasteiger partial charge in [0.25, 0.3) is 5.91 Å². The summed E-state index contributed by atoms with van der Waals surface area (Å²) in [4.78, 5) is 12.4. The maximum atomic E-state index is 12.4. The number of benzene rings is 2. The molecule has 1 amide bonds. The Balaban J connectivity index is 1.28. The summed E-state index contributed by atoms with van der Waals surface area (Å²) in [7, 11) is 0. The predicted octanol–water partition coefficient (Wildman–Crippen LogP) is 3.74. The first-order valence-corrected chi connectivity index (χ1v) is 10.7. The summed E-state index contributed by atoms with van der Waals surface area (Å²) < 4.78 is 7.83. The number of amides is 1. The number of aromatic nitrogens is 1. The first-order valence-electron chi connectivity index (χ1n) is 10.7. The highest BCUT2D eigenvalue weighted by atomic mass is 16.5. The van der Waals surface area contributed by atoms with Crippen LogP contribution < -0.4 is 10.6 Å². The molecule has 156 valence electrons. The Morgan fingerprint density at radius 2 is 1.87 bits per heavy atom. The Morgan fingerprint density at radius 1 is 1.00 bits per heavy atom. The highest BCUT2D eigenvalue weighted by molar-refractivity contribution is 5.94. The Kier molecular flexibility index (Phi) is 6.95. The van der Waals surface area contributed by atoms with E-state index in [2.05, 4.69) is 57.8 Å². The SMILES string of the molecule is O=C(NCC1CCCO1)c1cccc(CNCc2cccn2Cc2ccccc2)c1. The van der Waals surface area contributed by atoms with E-state index in [1.165, 1.54) is 11.3 Å². The van der Waals surface area contributed by atoms with Gasteiger partial charge < -0.3 is 19.9 Å². The molecule has 1 saturated heterocycles. The summed E-state index contributed by atoms with van der Waals surface area (Å²) in [5.74, 6) is -0.0379. The molecule has 30 heavy (non-hydrogen) atoms. The van der Waals surface area contributed by atoms with Gasteiger partial charge in [0.15, 0.2) is 0 Å². The van der Waals surface area contributed by atoms with Crippen molar-refractivity contribution in [2.24, 2.45) is 0 Å². The molecule has 2 heterocycles. The van der Waals surface area contributed by atoms with Gasteiger partial charge in [-0.2, -0.15) is 0 Å². The van der Waals surface area contributed by atoms with Crippen LogP contribution in [-0.2, 0) is 24.4 Å². The molecule has 0 aliphatic carbocycles. The van der Waals surface area contributed by atoms with E-state index in [0.717, 1.165) is 38.1 Å². The third-order valence-electron chi connectivity index (χ3n) is 5.46. The minimum atomic E-state index is -0.0379. The smallest absolute Gasteiger partial charge is 0.251 e. The largest absolute Gasteiger partial charge is 0.376 e. The van der Waals surface area contributed by atoms with Gasteiger partial charge in [-0.15, -0.1) is 0 Å². The van der Waals surface area contributed by atoms with Crippen molar-refractivity contribution >= 4 is 5.91 Å². The van der Waals surface area contributed by atoms with Crippen molar-refractivity contribution < 1.29 is 9.53 Å². The summed E-state index contributed by atoms with van der Waals surface area (Å²) >= 11 is 0. The Morgan fingerprint density at radius 3 is 2.70 bits per heavy atom. The van der Waals surface area contributed by atoms with E-state index in [-0.39, 0.29) is 12.0 Å². The number of ether oxygens (including phenoxy) is 1. The molecule has 4 rings (SSSR count). The second kappa shape index (κ2) is 10.2. The first-order chi connectivity index (χ1) is 14.8. The van der Waals surface area contributed by atoms with E-state index in [4.69, 9.17) is 4.74 Å². The van der Waals surface area contributed by atoms with Gasteiger partial charge >= 0.3 is 0 Å². The number of carbonyl (C=O) groups excluding carboxylic acids is 1. The van der Waals surface area contributed by atoms with Gasteiger partial charge in [0.05, 0.1) is 6.10 Å². The molecule has 0 radical (unpaired) electrons. The van der Waals surface area contributed by atoms with Crippen molar-refractivity contribution in [1.82, 2.24) is 15.2 Å². The minimum Gasteiger partial charge on any atom is -0.376 e. The van der Waals surface area contributed by atoms with Gasteiger partial charge in [-0.25, -0.2) is 0 Å². The molecule has 0 spiro atoms. The van der Waals surface area contributed by atoms with Crippen molar-refractivity contribution in [2.45, 2.75) is 38.6 Å². The standard InChI is InChI=1S/C25H29N3O2/c29-25(27-18-24-12-6-14-30-24)22-10-4-9-21(15-22)16-26-17-23-11-5-13-28(23)19-20-7-2-1-3-8-20/h1-5,7-11,13,15,24,26H,6,12,14,16-19H2,(H,27,29). The molecule has 3 aromatic rings. The molecular weight excluding hydrogens is 374 g/mol. The summed E-state index contributed by atoms with van der Waals surface area (Å²) in [6, 6.07) is 22.5. The maximum Gasteiger partial charge on any atom is 0.251 e. The van der Waals surface area contributed by atoms with E-state index in [9.17, 15) is 4.79 Å². The molecule has 0 bridgehead atoms. The molecule has 5 heteroatoms. The van der Waals surface area contributed by atoms with E-state index in [1.807, 2.05) is 30.3 Å². The number of nitrogens with zero attached hydrogens (tertiary/aromatic N) is 1. The molecule has 2 N–H and O–H groups in total. The molecule has 0 saturated carbocycles. The fourth-order valence-electron chi connectivity index (χ4n) is 3.82. The molecule has 1 aliphatic rings. The van der Waals surface area contributed by atoms with Crippen LogP contribution >= 0.6 is 0 Å². The first kappa shape index (κ1) is 20.4. The zero-order valence-corrected chi connectivity index (χ0v) is 17.2. The van der Waals surface area contributed by atoms with E-state index in [1.54, 1.807) is 0 Å². The van der Waals surface area contributed by atoms with Crippen LogP contribution in [0.4, 0.5) is 0 Å². The molecule has 1 aromatic heterocycles. The van der Waals surface area contributed by atoms with Crippen molar-refractivity contribution in [3.8, 4) is 0 Å². The number of carbonyl (C=O) groups is 1. The van der Waals surface area contributed by atoms with Gasteiger partial charge in [0.2, 0.25) is 0 Å². The van der Waals surface area contributed by atoms with E-state index < -0.39 is 0 Å². The van der Waals surface area contributed by atoms with Crippen LogP contribution in [0.3, 0.4) is 0 Å². The average Bonchev–Trinajstić information content (AvgIpc) is 3.45. The fourth-order valence-corrected chi connectivity index (χ4v) is 3.82. The third kappa shape index (κ3) is 5.59. The van der Waals surface area contributed by atoms with Crippen molar-refractivity contribution in [1.29, 1.82) is 0 Å². The maximum absolute atomic E-state index is 12.4. The van der Waals surface area contributed by atoms with Crippen LogP contribution in [0.1, 0.15) is 40.0 Å². The number of nitrogens with one attached hydrogen (secondary N) is 2. The van der Waals surface area contributed by atoms with Crippen LogP contribution in [-0.4, -0.2) is 29.7 Å². The third-order valence-corrected chi connectivity index (χ3v) is 5.46. The Labute approximate surface area is 178 Å². The summed E-state index contributed by atoms with van der Waals surface area (Å²) in [6.45, 7) is 3.74. The number of rotatable bonds is 9. The van der Waals surface area contributed by atoms with Gasteiger partial charge in [0, 0.05) is 50.2 Å². The second-order valence-corrected chi connectivity index (χ2v) is 7.76. The van der Waals surface area contributed by atoms with Gasteiger partial charge in [-0.05, 0) is 48.2 Å². The predicted molar refractivity (Wildman–Crippen MR) is 118 cm³/mol. The highest BCUT2D eigenvalue weighted by Crippen LogP contribution is 2.12. The molecule has 2 aromatic carbocycles. The molecule has 1 fully saturated rings. The number of hydrogen-bond donors (Lipinski definition) is 2. The monoisotopic (exact) mass is 403 g/mol. The lowest BCUT2D eigenvalue weighted by atomic mass is 10.1. The quantitative estimate of drug-likeness (QED) is 0.572. The van der Waals surface area contributed by atoms with Crippen molar-refractivity contribution in [3.05, 3.63) is 95.3 Å². The topological polar surface area (TPSA) is 55.3 Å². The van der Waals surface area contributed by atoms with Crippen LogP contribution in [0.15, 0.2) is 72.9 Å². The van der Waals surface area contributed by atoms with E-state index >= 15 is 0 Å². The highest BCUT2D eigenvalue weighted by Gasteiger charge is 2.16. The van der Waals surface area contributed by atoms with Crippen LogP contribution in [0, 0.1) is 0 Å². The normalized spacial score (nSPS) is 15.9. The molecule has 1 unspecified atom stereocenters. The molecule has 1 atom stereocenters. The average molecular weight is 404 g/mol. The van der Waals surface area contributed by atoms with Gasteiger partial charge in [-0.1, -0.05) is 42.5 Å². The lowest BCUT2D eigenvalue weighted by Crippen LogP contribution is -2.31. The van der Waals surface area contributed by atoms with Gasteiger partial charge in [0.1, 0.15) is 0 Å². The molecule has 1 aliphatic heterocycles. The Hall–Kier alpha value is -2.89. The van der Waals surface area contributed by atoms with Crippen LogP contribution in [0.2, 0.25) is 0 Å². The lowest BCUT2D eigenvalue weighted by molar-refractivity contribution is 0.0857. The van der Waals surface area contributed by atoms with Gasteiger partial charge in [-0.3, -0.25) is 4.79 Å². The Bertz CT molecular complexity index is 946. The second-order valence-electron chi connectivity index (χ2n) is 7.76. The van der Waals surface area contributed by atoms with Crippen molar-refractivity contribution in [2.75, 3.05) is 13.2 Å². The number of hydrogen-bond acceptors (Lipinski definition) is 3.